The van der Waals surface area contributed by atoms with E-state index in [9.17, 15) is 9.90 Å². The molecular formula is C27H32N4O2. The van der Waals surface area contributed by atoms with Gasteiger partial charge in [0.2, 0.25) is 5.91 Å². The minimum absolute atomic E-state index is 0.0227. The summed E-state index contributed by atoms with van der Waals surface area (Å²) in [4.78, 5) is 22.2. The summed E-state index contributed by atoms with van der Waals surface area (Å²) in [5, 5.41) is 16.3. The third kappa shape index (κ3) is 6.31. The van der Waals surface area contributed by atoms with Crippen molar-refractivity contribution in [2.75, 3.05) is 10.6 Å². The van der Waals surface area contributed by atoms with Crippen molar-refractivity contribution in [3.8, 4) is 17.1 Å². The Bertz CT molecular complexity index is 1060. The van der Waals surface area contributed by atoms with Crippen molar-refractivity contribution in [1.29, 1.82) is 0 Å². The molecular weight excluding hydrogens is 412 g/mol. The minimum Gasteiger partial charge on any atom is -0.506 e. The van der Waals surface area contributed by atoms with Gasteiger partial charge in [0.25, 0.3) is 0 Å². The van der Waals surface area contributed by atoms with E-state index >= 15 is 0 Å². The van der Waals surface area contributed by atoms with E-state index in [1.165, 1.54) is 38.5 Å². The van der Waals surface area contributed by atoms with Crippen molar-refractivity contribution in [3.05, 3.63) is 60.7 Å². The van der Waals surface area contributed by atoms with Gasteiger partial charge in [-0.05, 0) is 24.5 Å². The molecule has 1 unspecified atom stereocenters. The Labute approximate surface area is 195 Å². The number of nitrogens with one attached hydrogen (secondary N) is 2. The number of anilines is 3. The number of hydrogen-bond acceptors (Lipinski definition) is 5. The Morgan fingerprint density at radius 1 is 0.970 bits per heavy atom. The highest BCUT2D eigenvalue weighted by molar-refractivity contribution is 5.92. The average Bonchev–Trinajstić information content (AvgIpc) is 3.09. The minimum atomic E-state index is -0.0854. The normalized spacial score (nSPS) is 15.4. The average molecular weight is 445 g/mol. The molecule has 3 N–H and O–H groups in total. The lowest BCUT2D eigenvalue weighted by Crippen LogP contribution is -2.23. The Kier molecular flexibility index (Phi) is 7.55. The monoisotopic (exact) mass is 444 g/mol. The lowest BCUT2D eigenvalue weighted by molar-refractivity contribution is -0.119. The lowest BCUT2D eigenvalue weighted by Gasteiger charge is -2.19. The molecule has 1 heterocycles. The van der Waals surface area contributed by atoms with Crippen LogP contribution in [0.15, 0.2) is 60.7 Å². The van der Waals surface area contributed by atoms with Gasteiger partial charge in [-0.1, -0.05) is 87.9 Å². The number of amides is 1. The van der Waals surface area contributed by atoms with Crippen LogP contribution in [0.4, 0.5) is 17.3 Å². The number of benzene rings is 2. The molecule has 0 radical (unpaired) electrons. The second-order valence-electron chi connectivity index (χ2n) is 8.95. The molecule has 172 valence electrons. The van der Waals surface area contributed by atoms with Gasteiger partial charge in [-0.25, -0.2) is 9.97 Å². The van der Waals surface area contributed by atoms with E-state index in [0.29, 0.717) is 29.1 Å². The molecule has 6 heteroatoms. The maximum atomic E-state index is 13.0. The molecule has 1 aliphatic carbocycles. The van der Waals surface area contributed by atoms with Crippen LogP contribution in [0, 0.1) is 11.8 Å². The Morgan fingerprint density at radius 3 is 2.36 bits per heavy atom. The van der Waals surface area contributed by atoms with Crippen molar-refractivity contribution >= 4 is 23.2 Å². The zero-order valence-corrected chi connectivity index (χ0v) is 19.1. The van der Waals surface area contributed by atoms with Crippen LogP contribution >= 0.6 is 0 Å². The van der Waals surface area contributed by atoms with Gasteiger partial charge in [-0.15, -0.1) is 0 Å². The predicted molar refractivity (Wildman–Crippen MR) is 132 cm³/mol. The smallest absolute Gasteiger partial charge is 0.228 e. The van der Waals surface area contributed by atoms with E-state index in [0.717, 1.165) is 12.0 Å². The number of carbonyl (C=O) groups excluding carboxylic acids is 1. The summed E-state index contributed by atoms with van der Waals surface area (Å²) in [6, 6.07) is 18.3. The van der Waals surface area contributed by atoms with Gasteiger partial charge in [-0.2, -0.15) is 0 Å². The van der Waals surface area contributed by atoms with Gasteiger partial charge in [0.05, 0.1) is 5.69 Å². The van der Waals surface area contributed by atoms with E-state index in [1.807, 2.05) is 43.3 Å². The Hall–Kier alpha value is -3.41. The number of carbonyl (C=O) groups is 1. The third-order valence-electron chi connectivity index (χ3n) is 6.29. The van der Waals surface area contributed by atoms with E-state index < -0.39 is 0 Å². The second-order valence-corrected chi connectivity index (χ2v) is 8.95. The molecule has 0 aliphatic heterocycles. The molecule has 0 spiro atoms. The zero-order valence-electron chi connectivity index (χ0n) is 19.1. The molecule has 1 aromatic heterocycles. The van der Waals surface area contributed by atoms with Gasteiger partial charge in [-0.3, -0.25) is 4.79 Å². The molecule has 1 fully saturated rings. The molecule has 3 aromatic rings. The first-order valence-corrected chi connectivity index (χ1v) is 11.9. The van der Waals surface area contributed by atoms with Crippen LogP contribution in [-0.4, -0.2) is 21.0 Å². The summed E-state index contributed by atoms with van der Waals surface area (Å²) in [7, 11) is 0. The van der Waals surface area contributed by atoms with Gasteiger partial charge in [0, 0.05) is 17.5 Å². The fourth-order valence-electron chi connectivity index (χ4n) is 4.47. The van der Waals surface area contributed by atoms with Crippen molar-refractivity contribution in [2.24, 2.45) is 11.8 Å². The lowest BCUT2D eigenvalue weighted by atomic mass is 9.89. The predicted octanol–water partition coefficient (Wildman–Crippen LogP) is 6.53. The van der Waals surface area contributed by atoms with Crippen LogP contribution < -0.4 is 10.6 Å². The van der Waals surface area contributed by atoms with Gasteiger partial charge < -0.3 is 15.7 Å². The molecule has 1 amide bonds. The quantitative estimate of drug-likeness (QED) is 0.285. The summed E-state index contributed by atoms with van der Waals surface area (Å²) < 4.78 is 0. The largest absolute Gasteiger partial charge is 0.506 e. The fraction of sp³-hybridized carbons (Fsp3) is 0.370. The Morgan fingerprint density at radius 2 is 1.64 bits per heavy atom. The van der Waals surface area contributed by atoms with Crippen LogP contribution in [0.1, 0.15) is 51.9 Å². The van der Waals surface area contributed by atoms with Crippen molar-refractivity contribution < 1.29 is 9.90 Å². The maximum absolute atomic E-state index is 13.0. The second kappa shape index (κ2) is 10.9. The van der Waals surface area contributed by atoms with Crippen molar-refractivity contribution in [3.63, 3.8) is 0 Å². The maximum Gasteiger partial charge on any atom is 0.228 e. The first-order valence-electron chi connectivity index (χ1n) is 11.9. The van der Waals surface area contributed by atoms with Crippen LogP contribution in [0.25, 0.3) is 11.4 Å². The first kappa shape index (κ1) is 22.8. The summed E-state index contributed by atoms with van der Waals surface area (Å²) >= 11 is 0. The SMILES string of the molecule is CC(CC1CCCCCC1)C(=O)Nc1cc(Nc2ccccc2O)nc(-c2ccccc2)n1. The van der Waals surface area contributed by atoms with Gasteiger partial charge in [0.1, 0.15) is 17.4 Å². The molecule has 4 rings (SSSR count). The highest BCUT2D eigenvalue weighted by atomic mass is 16.3. The number of aromatic hydroxyl groups is 1. The zero-order chi connectivity index (χ0) is 23.0. The number of nitrogens with zero attached hydrogens (tertiary/aromatic N) is 2. The number of para-hydroxylation sites is 2. The molecule has 1 atom stereocenters. The fourth-order valence-corrected chi connectivity index (χ4v) is 4.47. The van der Waals surface area contributed by atoms with Crippen molar-refractivity contribution in [2.45, 2.75) is 51.9 Å². The van der Waals surface area contributed by atoms with E-state index in [2.05, 4.69) is 20.6 Å². The number of aromatic nitrogens is 2. The summed E-state index contributed by atoms with van der Waals surface area (Å²) in [5.74, 6) is 2.08. The molecule has 1 saturated carbocycles. The first-order chi connectivity index (χ1) is 16.1. The molecule has 6 nitrogen and oxygen atoms in total. The molecule has 0 saturated heterocycles. The van der Waals surface area contributed by atoms with Gasteiger partial charge in [0.15, 0.2) is 5.82 Å². The van der Waals surface area contributed by atoms with Crippen molar-refractivity contribution in [1.82, 2.24) is 9.97 Å². The number of rotatable bonds is 7. The van der Waals surface area contributed by atoms with E-state index in [-0.39, 0.29) is 17.6 Å². The molecule has 33 heavy (non-hydrogen) atoms. The summed E-state index contributed by atoms with van der Waals surface area (Å²) in [5.41, 5.74) is 1.38. The number of hydrogen-bond donors (Lipinski definition) is 3. The van der Waals surface area contributed by atoms with E-state index in [4.69, 9.17) is 0 Å². The topological polar surface area (TPSA) is 87.1 Å². The van der Waals surface area contributed by atoms with Crippen LogP contribution in [0.3, 0.4) is 0 Å². The van der Waals surface area contributed by atoms with Gasteiger partial charge >= 0.3 is 0 Å². The summed E-state index contributed by atoms with van der Waals surface area (Å²) in [6.07, 6.45) is 8.51. The molecule has 0 bridgehead atoms. The number of phenols is 1. The Balaban J connectivity index is 1.54. The summed E-state index contributed by atoms with van der Waals surface area (Å²) in [6.45, 7) is 2.00. The molecule has 1 aliphatic rings. The van der Waals surface area contributed by atoms with Crippen LogP contribution in [-0.2, 0) is 4.79 Å². The standard InChI is InChI=1S/C27H32N4O2/c1-19(17-20-11-5-2-3-6-12-20)27(33)31-25-18-24(28-22-15-9-10-16-23(22)32)29-26(30-25)21-13-7-4-8-14-21/h4,7-10,13-16,18-20,32H,2-3,5-6,11-12,17H2,1H3,(H2,28,29,30,31,33). The highest BCUT2D eigenvalue weighted by Crippen LogP contribution is 2.30. The number of phenolic OH excluding ortho intramolecular Hbond substituents is 1. The van der Waals surface area contributed by atoms with E-state index in [1.54, 1.807) is 24.3 Å². The third-order valence-corrected chi connectivity index (χ3v) is 6.29. The highest BCUT2D eigenvalue weighted by Gasteiger charge is 2.21. The van der Waals surface area contributed by atoms with Crippen LogP contribution in [0.5, 0.6) is 5.75 Å². The van der Waals surface area contributed by atoms with Crippen LogP contribution in [0.2, 0.25) is 0 Å². The molecule has 2 aromatic carbocycles.